The molecule has 1 saturated heterocycles. The van der Waals surface area contributed by atoms with E-state index in [2.05, 4.69) is 15.8 Å². The SMILES string of the molecule is Cc1noc(C)c1CCNC(=O)C1CNC1.Cl. The van der Waals surface area contributed by atoms with E-state index in [1.54, 1.807) is 0 Å². The Morgan fingerprint density at radius 1 is 1.53 bits per heavy atom. The minimum absolute atomic E-state index is 0. The lowest BCUT2D eigenvalue weighted by Gasteiger charge is -2.25. The summed E-state index contributed by atoms with van der Waals surface area (Å²) in [5.41, 5.74) is 2.02. The van der Waals surface area contributed by atoms with Crippen molar-refractivity contribution in [1.82, 2.24) is 15.8 Å². The molecule has 0 aliphatic carbocycles. The van der Waals surface area contributed by atoms with E-state index >= 15 is 0 Å². The molecule has 0 bridgehead atoms. The molecule has 1 aliphatic rings. The first-order chi connectivity index (χ1) is 7.68. The van der Waals surface area contributed by atoms with Gasteiger partial charge in [0.25, 0.3) is 0 Å². The number of halogens is 1. The van der Waals surface area contributed by atoms with Crippen LogP contribution in [0.15, 0.2) is 4.52 Å². The lowest BCUT2D eigenvalue weighted by Crippen LogP contribution is -2.51. The monoisotopic (exact) mass is 259 g/mol. The molecule has 0 unspecified atom stereocenters. The summed E-state index contributed by atoms with van der Waals surface area (Å²) in [6, 6.07) is 0. The van der Waals surface area contributed by atoms with Crippen LogP contribution in [-0.2, 0) is 11.2 Å². The molecule has 5 nitrogen and oxygen atoms in total. The molecule has 17 heavy (non-hydrogen) atoms. The second kappa shape index (κ2) is 6.02. The van der Waals surface area contributed by atoms with E-state index < -0.39 is 0 Å². The van der Waals surface area contributed by atoms with Crippen LogP contribution in [0, 0.1) is 19.8 Å². The zero-order valence-corrected chi connectivity index (χ0v) is 10.9. The van der Waals surface area contributed by atoms with Crippen molar-refractivity contribution in [3.8, 4) is 0 Å². The Morgan fingerprint density at radius 2 is 2.24 bits per heavy atom. The Kier molecular flexibility index (Phi) is 4.96. The second-order valence-corrected chi connectivity index (χ2v) is 4.20. The van der Waals surface area contributed by atoms with Gasteiger partial charge in [0.1, 0.15) is 5.76 Å². The van der Waals surface area contributed by atoms with Crippen LogP contribution in [0.4, 0.5) is 0 Å². The smallest absolute Gasteiger partial charge is 0.225 e. The number of aromatic nitrogens is 1. The van der Waals surface area contributed by atoms with Gasteiger partial charge in [0.15, 0.2) is 0 Å². The Bertz CT molecular complexity index is 369. The molecule has 0 saturated carbocycles. The van der Waals surface area contributed by atoms with E-state index in [-0.39, 0.29) is 24.2 Å². The summed E-state index contributed by atoms with van der Waals surface area (Å²) in [6.45, 7) is 6.07. The van der Waals surface area contributed by atoms with Gasteiger partial charge >= 0.3 is 0 Å². The third-order valence-electron chi connectivity index (χ3n) is 3.01. The molecule has 0 radical (unpaired) electrons. The van der Waals surface area contributed by atoms with Gasteiger partial charge in [-0.3, -0.25) is 4.79 Å². The zero-order valence-electron chi connectivity index (χ0n) is 10.1. The van der Waals surface area contributed by atoms with Crippen LogP contribution in [-0.4, -0.2) is 30.7 Å². The highest BCUT2D eigenvalue weighted by Gasteiger charge is 2.24. The number of amides is 1. The van der Waals surface area contributed by atoms with E-state index in [0.717, 1.165) is 36.5 Å². The van der Waals surface area contributed by atoms with Crippen molar-refractivity contribution in [3.63, 3.8) is 0 Å². The largest absolute Gasteiger partial charge is 0.361 e. The summed E-state index contributed by atoms with van der Waals surface area (Å²) < 4.78 is 5.06. The highest BCUT2D eigenvalue weighted by Crippen LogP contribution is 2.12. The van der Waals surface area contributed by atoms with Crippen LogP contribution in [0.3, 0.4) is 0 Å². The topological polar surface area (TPSA) is 67.2 Å². The van der Waals surface area contributed by atoms with Crippen LogP contribution >= 0.6 is 12.4 Å². The van der Waals surface area contributed by atoms with Gasteiger partial charge in [0, 0.05) is 25.2 Å². The standard InChI is InChI=1S/C11H17N3O2.ClH/c1-7-10(8(2)16-14-7)3-4-13-11(15)9-5-12-6-9;/h9,12H,3-6H2,1-2H3,(H,13,15);1H. The molecule has 1 aliphatic heterocycles. The molecular formula is C11H18ClN3O2. The maximum Gasteiger partial charge on any atom is 0.225 e. The van der Waals surface area contributed by atoms with Crippen molar-refractivity contribution in [1.29, 1.82) is 0 Å². The Hall–Kier alpha value is -1.07. The first-order valence-electron chi connectivity index (χ1n) is 5.58. The number of carbonyl (C=O) groups excluding carboxylic acids is 1. The lowest BCUT2D eigenvalue weighted by atomic mass is 10.0. The van der Waals surface area contributed by atoms with Gasteiger partial charge in [-0.25, -0.2) is 0 Å². The first-order valence-corrected chi connectivity index (χ1v) is 5.58. The van der Waals surface area contributed by atoms with E-state index in [4.69, 9.17) is 4.52 Å². The van der Waals surface area contributed by atoms with E-state index in [1.165, 1.54) is 0 Å². The molecule has 1 aromatic rings. The summed E-state index contributed by atoms with van der Waals surface area (Å²) in [5.74, 6) is 1.15. The Morgan fingerprint density at radius 3 is 2.71 bits per heavy atom. The quantitative estimate of drug-likeness (QED) is 0.831. The van der Waals surface area contributed by atoms with E-state index in [0.29, 0.717) is 6.54 Å². The third-order valence-corrected chi connectivity index (χ3v) is 3.01. The van der Waals surface area contributed by atoms with Crippen LogP contribution in [0.5, 0.6) is 0 Å². The van der Waals surface area contributed by atoms with Gasteiger partial charge in [0.2, 0.25) is 5.91 Å². The molecule has 0 atom stereocenters. The molecular weight excluding hydrogens is 242 g/mol. The summed E-state index contributed by atoms with van der Waals surface area (Å²) in [7, 11) is 0. The van der Waals surface area contributed by atoms with Crippen LogP contribution in [0.1, 0.15) is 17.0 Å². The number of aryl methyl sites for hydroxylation is 2. The fraction of sp³-hybridized carbons (Fsp3) is 0.636. The molecule has 1 aromatic heterocycles. The molecule has 2 heterocycles. The number of hydrogen-bond acceptors (Lipinski definition) is 4. The fourth-order valence-electron chi connectivity index (χ4n) is 1.79. The maximum atomic E-state index is 11.5. The van der Waals surface area contributed by atoms with Gasteiger partial charge in [0.05, 0.1) is 11.6 Å². The normalized spacial score (nSPS) is 14.9. The average Bonchev–Trinajstić information content (AvgIpc) is 2.46. The average molecular weight is 260 g/mol. The second-order valence-electron chi connectivity index (χ2n) is 4.20. The molecule has 2 rings (SSSR count). The van der Waals surface area contributed by atoms with Crippen molar-refractivity contribution in [2.75, 3.05) is 19.6 Å². The lowest BCUT2D eigenvalue weighted by molar-refractivity contribution is -0.126. The van der Waals surface area contributed by atoms with Crippen molar-refractivity contribution in [2.24, 2.45) is 5.92 Å². The maximum absolute atomic E-state index is 11.5. The summed E-state index contributed by atoms with van der Waals surface area (Å²) in [5, 5.41) is 9.89. The number of hydrogen-bond donors (Lipinski definition) is 2. The summed E-state index contributed by atoms with van der Waals surface area (Å²) in [6.07, 6.45) is 0.785. The number of carbonyl (C=O) groups is 1. The third kappa shape index (κ3) is 3.20. The van der Waals surface area contributed by atoms with E-state index in [9.17, 15) is 4.79 Å². The molecule has 6 heteroatoms. The molecule has 0 aromatic carbocycles. The number of rotatable bonds is 4. The first kappa shape index (κ1) is 14.0. The van der Waals surface area contributed by atoms with Crippen molar-refractivity contribution >= 4 is 18.3 Å². The molecule has 96 valence electrons. The molecule has 0 spiro atoms. The Labute approximate surface area is 107 Å². The van der Waals surface area contributed by atoms with Crippen LogP contribution in [0.25, 0.3) is 0 Å². The summed E-state index contributed by atoms with van der Waals surface area (Å²) in [4.78, 5) is 11.5. The van der Waals surface area contributed by atoms with Gasteiger partial charge in [-0.1, -0.05) is 5.16 Å². The number of nitrogens with one attached hydrogen (secondary N) is 2. The minimum atomic E-state index is 0. The van der Waals surface area contributed by atoms with Crippen LogP contribution in [0.2, 0.25) is 0 Å². The van der Waals surface area contributed by atoms with Crippen molar-refractivity contribution in [3.05, 3.63) is 17.0 Å². The highest BCUT2D eigenvalue weighted by atomic mass is 35.5. The van der Waals surface area contributed by atoms with Crippen LogP contribution < -0.4 is 10.6 Å². The predicted molar refractivity (Wildman–Crippen MR) is 66.3 cm³/mol. The highest BCUT2D eigenvalue weighted by molar-refractivity contribution is 5.85. The molecule has 2 N–H and O–H groups in total. The van der Waals surface area contributed by atoms with Gasteiger partial charge < -0.3 is 15.2 Å². The van der Waals surface area contributed by atoms with Gasteiger partial charge in [-0.05, 0) is 20.3 Å². The number of nitrogens with zero attached hydrogens (tertiary/aromatic N) is 1. The van der Waals surface area contributed by atoms with Gasteiger partial charge in [-0.2, -0.15) is 0 Å². The van der Waals surface area contributed by atoms with Gasteiger partial charge in [-0.15, -0.1) is 12.4 Å². The molecule has 1 amide bonds. The zero-order chi connectivity index (χ0) is 11.5. The minimum Gasteiger partial charge on any atom is -0.361 e. The van der Waals surface area contributed by atoms with Crippen molar-refractivity contribution < 1.29 is 9.32 Å². The predicted octanol–water partition coefficient (Wildman–Crippen LogP) is 0.591. The fourth-order valence-corrected chi connectivity index (χ4v) is 1.79. The van der Waals surface area contributed by atoms with E-state index in [1.807, 2.05) is 13.8 Å². The summed E-state index contributed by atoms with van der Waals surface area (Å²) >= 11 is 0. The Balaban J connectivity index is 0.00000144. The molecule has 1 fully saturated rings. The van der Waals surface area contributed by atoms with Crippen molar-refractivity contribution in [2.45, 2.75) is 20.3 Å².